The summed E-state index contributed by atoms with van der Waals surface area (Å²) in [5.41, 5.74) is 6.52. The van der Waals surface area contributed by atoms with Crippen LogP contribution in [0.1, 0.15) is 42.5 Å². The van der Waals surface area contributed by atoms with Gasteiger partial charge in [0.25, 0.3) is 0 Å². The Morgan fingerprint density at radius 3 is 2.80 bits per heavy atom. The Labute approximate surface area is 177 Å². The molecule has 5 rings (SSSR count). The van der Waals surface area contributed by atoms with E-state index in [9.17, 15) is 0 Å². The van der Waals surface area contributed by atoms with Crippen LogP contribution in [0.2, 0.25) is 0 Å². The zero-order valence-electron chi connectivity index (χ0n) is 17.8. The van der Waals surface area contributed by atoms with E-state index in [-0.39, 0.29) is 0 Å². The van der Waals surface area contributed by atoms with Gasteiger partial charge in [-0.15, -0.1) is 0 Å². The summed E-state index contributed by atoms with van der Waals surface area (Å²) in [6, 6.07) is 2.08. The van der Waals surface area contributed by atoms with Crippen LogP contribution >= 0.6 is 0 Å². The average Bonchev–Trinajstić information content (AvgIpc) is 3.46. The van der Waals surface area contributed by atoms with Crippen molar-refractivity contribution in [2.75, 3.05) is 20.3 Å². The van der Waals surface area contributed by atoms with Crippen molar-refractivity contribution in [2.24, 2.45) is 5.92 Å². The van der Waals surface area contributed by atoms with Crippen LogP contribution in [0.25, 0.3) is 16.9 Å². The molecule has 3 aromatic rings. The fourth-order valence-corrected chi connectivity index (χ4v) is 4.82. The standard InChI is InChI=1S/C23H29N5O2/c1-16-11-19(13-24-23(16)29-2)28-21-8-10-30-9-7-20(21)22(26-28)18-12-25-27(15-18)14-17-5-3-4-6-17/h11-13,15,17H,3-10,14H2,1-2H3. The number of rotatable bonds is 5. The molecular weight excluding hydrogens is 378 g/mol. The summed E-state index contributed by atoms with van der Waals surface area (Å²) < 4.78 is 15.2. The first-order valence-corrected chi connectivity index (χ1v) is 11.0. The van der Waals surface area contributed by atoms with Crippen LogP contribution in [-0.2, 0) is 24.1 Å². The summed E-state index contributed by atoms with van der Waals surface area (Å²) in [7, 11) is 1.65. The molecular formula is C23H29N5O2. The van der Waals surface area contributed by atoms with Gasteiger partial charge in [0.05, 0.1) is 49.8 Å². The summed E-state index contributed by atoms with van der Waals surface area (Å²) in [6.45, 7) is 4.45. The van der Waals surface area contributed by atoms with Gasteiger partial charge in [0, 0.05) is 35.9 Å². The lowest BCUT2D eigenvalue weighted by Gasteiger charge is -2.09. The van der Waals surface area contributed by atoms with Gasteiger partial charge in [0.1, 0.15) is 0 Å². The highest BCUT2D eigenvalue weighted by Crippen LogP contribution is 2.31. The molecule has 0 saturated heterocycles. The van der Waals surface area contributed by atoms with E-state index in [0.29, 0.717) is 12.5 Å². The van der Waals surface area contributed by atoms with Crippen molar-refractivity contribution in [3.63, 3.8) is 0 Å². The van der Waals surface area contributed by atoms with Gasteiger partial charge in [-0.3, -0.25) is 4.68 Å². The fraction of sp³-hybridized carbons (Fsp3) is 0.522. The summed E-state index contributed by atoms with van der Waals surface area (Å²) in [4.78, 5) is 4.46. The number of aromatic nitrogens is 5. The van der Waals surface area contributed by atoms with Gasteiger partial charge in [-0.1, -0.05) is 12.8 Å². The van der Waals surface area contributed by atoms with Crippen molar-refractivity contribution < 1.29 is 9.47 Å². The summed E-state index contributed by atoms with van der Waals surface area (Å²) >= 11 is 0. The van der Waals surface area contributed by atoms with Crippen molar-refractivity contribution in [3.05, 3.63) is 41.5 Å². The van der Waals surface area contributed by atoms with E-state index in [1.54, 1.807) is 7.11 Å². The molecule has 1 aliphatic heterocycles. The van der Waals surface area contributed by atoms with Gasteiger partial charge in [0.15, 0.2) is 0 Å². The molecule has 7 nitrogen and oxygen atoms in total. The maximum atomic E-state index is 5.77. The van der Waals surface area contributed by atoms with Crippen molar-refractivity contribution in [2.45, 2.75) is 52.0 Å². The van der Waals surface area contributed by atoms with E-state index in [1.807, 2.05) is 24.0 Å². The number of fused-ring (bicyclic) bond motifs is 1. The molecule has 2 aliphatic rings. The van der Waals surface area contributed by atoms with Crippen LogP contribution in [0.4, 0.5) is 0 Å². The number of pyridine rings is 1. The first-order valence-electron chi connectivity index (χ1n) is 11.0. The van der Waals surface area contributed by atoms with Crippen molar-refractivity contribution in [1.82, 2.24) is 24.5 Å². The molecule has 1 saturated carbocycles. The number of aryl methyl sites for hydroxylation is 1. The third-order valence-corrected chi connectivity index (χ3v) is 6.35. The molecule has 0 amide bonds. The second-order valence-electron chi connectivity index (χ2n) is 8.42. The molecule has 1 aliphatic carbocycles. The fourth-order valence-electron chi connectivity index (χ4n) is 4.82. The Balaban J connectivity index is 1.53. The monoisotopic (exact) mass is 407 g/mol. The van der Waals surface area contributed by atoms with Crippen LogP contribution in [-0.4, -0.2) is 44.9 Å². The second-order valence-corrected chi connectivity index (χ2v) is 8.42. The maximum Gasteiger partial charge on any atom is 0.216 e. The van der Waals surface area contributed by atoms with Gasteiger partial charge in [-0.05, 0) is 38.2 Å². The molecule has 7 heteroatoms. The highest BCUT2D eigenvalue weighted by Gasteiger charge is 2.24. The molecule has 0 N–H and O–H groups in total. The van der Waals surface area contributed by atoms with Gasteiger partial charge in [-0.25, -0.2) is 9.67 Å². The largest absolute Gasteiger partial charge is 0.481 e. The van der Waals surface area contributed by atoms with Gasteiger partial charge >= 0.3 is 0 Å². The summed E-state index contributed by atoms with van der Waals surface area (Å²) in [5, 5.41) is 9.70. The lowest BCUT2D eigenvalue weighted by Crippen LogP contribution is -2.07. The second kappa shape index (κ2) is 8.22. The molecule has 0 spiro atoms. The Bertz CT molecular complexity index is 1030. The van der Waals surface area contributed by atoms with Crippen LogP contribution in [0.15, 0.2) is 24.7 Å². The molecule has 0 aromatic carbocycles. The Kier molecular flexibility index (Phi) is 5.29. The molecule has 4 heterocycles. The van der Waals surface area contributed by atoms with Crippen LogP contribution in [0, 0.1) is 12.8 Å². The number of hydrogen-bond donors (Lipinski definition) is 0. The minimum absolute atomic E-state index is 0.647. The van der Waals surface area contributed by atoms with Crippen LogP contribution < -0.4 is 4.74 Å². The first kappa shape index (κ1) is 19.3. The normalized spacial score (nSPS) is 17.1. The molecule has 30 heavy (non-hydrogen) atoms. The van der Waals surface area contributed by atoms with Gasteiger partial charge in [-0.2, -0.15) is 10.2 Å². The van der Waals surface area contributed by atoms with Crippen molar-refractivity contribution >= 4 is 0 Å². The van der Waals surface area contributed by atoms with E-state index in [2.05, 4.69) is 27.0 Å². The Morgan fingerprint density at radius 1 is 1.17 bits per heavy atom. The van der Waals surface area contributed by atoms with E-state index in [0.717, 1.165) is 54.4 Å². The zero-order valence-corrected chi connectivity index (χ0v) is 17.8. The van der Waals surface area contributed by atoms with E-state index >= 15 is 0 Å². The molecule has 158 valence electrons. The lowest BCUT2D eigenvalue weighted by molar-refractivity contribution is 0.145. The SMILES string of the molecule is COc1ncc(-n2nc(-c3cnn(CC4CCCC4)c3)c3c2CCOCC3)cc1C. The highest BCUT2D eigenvalue weighted by atomic mass is 16.5. The predicted molar refractivity (Wildman–Crippen MR) is 114 cm³/mol. The van der Waals surface area contributed by atoms with Gasteiger partial charge in [0.2, 0.25) is 5.88 Å². The first-order chi connectivity index (χ1) is 14.7. The lowest BCUT2D eigenvalue weighted by atomic mass is 10.0. The van der Waals surface area contributed by atoms with E-state index in [4.69, 9.17) is 14.6 Å². The average molecular weight is 408 g/mol. The number of ether oxygens (including phenoxy) is 2. The molecule has 3 aromatic heterocycles. The summed E-state index contributed by atoms with van der Waals surface area (Å²) in [5.74, 6) is 1.41. The molecule has 1 fully saturated rings. The number of nitrogens with zero attached hydrogens (tertiary/aromatic N) is 5. The third-order valence-electron chi connectivity index (χ3n) is 6.35. The topological polar surface area (TPSA) is 67.0 Å². The number of methoxy groups -OCH3 is 1. The van der Waals surface area contributed by atoms with E-state index in [1.165, 1.54) is 36.9 Å². The highest BCUT2D eigenvalue weighted by molar-refractivity contribution is 5.64. The minimum Gasteiger partial charge on any atom is -0.481 e. The summed E-state index contributed by atoms with van der Waals surface area (Å²) in [6.07, 6.45) is 13.0. The maximum absolute atomic E-state index is 5.77. The molecule has 0 unspecified atom stereocenters. The predicted octanol–water partition coefficient (Wildman–Crippen LogP) is 3.75. The van der Waals surface area contributed by atoms with Crippen molar-refractivity contribution in [1.29, 1.82) is 0 Å². The quantitative estimate of drug-likeness (QED) is 0.644. The molecule has 0 atom stereocenters. The Morgan fingerprint density at radius 2 is 2.00 bits per heavy atom. The smallest absolute Gasteiger partial charge is 0.216 e. The van der Waals surface area contributed by atoms with Crippen LogP contribution in [0.5, 0.6) is 5.88 Å². The van der Waals surface area contributed by atoms with Crippen molar-refractivity contribution in [3.8, 4) is 22.8 Å². The number of hydrogen-bond acceptors (Lipinski definition) is 5. The van der Waals surface area contributed by atoms with E-state index < -0.39 is 0 Å². The molecule has 0 bridgehead atoms. The zero-order chi connectivity index (χ0) is 20.5. The molecule has 0 radical (unpaired) electrons. The Hall–Kier alpha value is -2.67. The van der Waals surface area contributed by atoms with Gasteiger partial charge < -0.3 is 9.47 Å². The third kappa shape index (κ3) is 3.62. The van der Waals surface area contributed by atoms with Crippen LogP contribution in [0.3, 0.4) is 0 Å². The minimum atomic E-state index is 0.647.